The van der Waals surface area contributed by atoms with Gasteiger partial charge in [0.05, 0.1) is 4.90 Å². The van der Waals surface area contributed by atoms with Gasteiger partial charge in [-0.3, -0.25) is 0 Å². The molecule has 0 saturated carbocycles. The van der Waals surface area contributed by atoms with Crippen molar-refractivity contribution < 1.29 is 8.42 Å². The van der Waals surface area contributed by atoms with Gasteiger partial charge in [-0.05, 0) is 29.8 Å². The van der Waals surface area contributed by atoms with Crippen molar-refractivity contribution in [1.29, 1.82) is 0 Å². The minimum absolute atomic E-state index is 0.310. The van der Waals surface area contributed by atoms with E-state index in [1.54, 1.807) is 36.5 Å². The molecule has 2 rings (SSSR count). The lowest BCUT2D eigenvalue weighted by Crippen LogP contribution is -1.96. The summed E-state index contributed by atoms with van der Waals surface area (Å²) in [5.41, 5.74) is 7.30. The zero-order valence-electron chi connectivity index (χ0n) is 9.29. The number of aromatic nitrogens is 1. The maximum atomic E-state index is 11.3. The zero-order valence-corrected chi connectivity index (χ0v) is 10.1. The molecular weight excluding hydrogens is 236 g/mol. The fraction of sp³-hybridized carbons (Fsp3) is 0.0833. The van der Waals surface area contributed by atoms with Crippen molar-refractivity contribution in [2.45, 2.75) is 4.90 Å². The van der Waals surface area contributed by atoms with Gasteiger partial charge in [0.1, 0.15) is 5.82 Å². The molecule has 0 aliphatic rings. The molecule has 1 aromatic heterocycles. The number of rotatable bonds is 2. The molecule has 0 atom stereocenters. The second-order valence-corrected chi connectivity index (χ2v) is 5.78. The summed E-state index contributed by atoms with van der Waals surface area (Å²) in [4.78, 5) is 4.30. The molecule has 0 fully saturated rings. The number of hydrogen-bond donors (Lipinski definition) is 1. The van der Waals surface area contributed by atoms with Gasteiger partial charge in [-0.15, -0.1) is 0 Å². The normalized spacial score (nSPS) is 11.4. The second-order valence-electron chi connectivity index (χ2n) is 3.77. The Hall–Kier alpha value is -1.88. The van der Waals surface area contributed by atoms with Crippen LogP contribution in [0.15, 0.2) is 47.5 Å². The van der Waals surface area contributed by atoms with Crippen LogP contribution in [0.25, 0.3) is 11.1 Å². The van der Waals surface area contributed by atoms with E-state index in [1.165, 1.54) is 6.26 Å². The van der Waals surface area contributed by atoms with Crippen LogP contribution in [-0.2, 0) is 9.84 Å². The molecule has 88 valence electrons. The predicted molar refractivity (Wildman–Crippen MR) is 67.2 cm³/mol. The first kappa shape index (κ1) is 11.6. The topological polar surface area (TPSA) is 73.0 Å². The molecule has 2 N–H and O–H groups in total. The Labute approximate surface area is 100 Å². The molecule has 1 aromatic carbocycles. The third kappa shape index (κ3) is 2.62. The van der Waals surface area contributed by atoms with Gasteiger partial charge in [-0.2, -0.15) is 0 Å². The molecule has 2 aromatic rings. The van der Waals surface area contributed by atoms with E-state index in [9.17, 15) is 8.42 Å². The van der Waals surface area contributed by atoms with Gasteiger partial charge >= 0.3 is 0 Å². The van der Waals surface area contributed by atoms with E-state index in [0.717, 1.165) is 11.1 Å². The van der Waals surface area contributed by atoms with Gasteiger partial charge in [0, 0.05) is 18.0 Å². The molecule has 0 amide bonds. The standard InChI is InChI=1S/C12H12N2O2S/c1-17(15,16)11-5-2-9(3-6-11)10-4-7-12(13)14-8-10/h2-8H,1H3,(H2,13,14). The summed E-state index contributed by atoms with van der Waals surface area (Å²) in [6, 6.07) is 10.2. The summed E-state index contributed by atoms with van der Waals surface area (Å²) >= 11 is 0. The van der Waals surface area contributed by atoms with Crippen LogP contribution in [0.5, 0.6) is 0 Å². The number of hydrogen-bond acceptors (Lipinski definition) is 4. The summed E-state index contributed by atoms with van der Waals surface area (Å²) < 4.78 is 22.6. The number of sulfone groups is 1. The molecule has 4 nitrogen and oxygen atoms in total. The second kappa shape index (κ2) is 4.18. The van der Waals surface area contributed by atoms with E-state index in [1.807, 2.05) is 6.07 Å². The number of anilines is 1. The number of nitrogens with zero attached hydrogens (tertiary/aromatic N) is 1. The Morgan fingerprint density at radius 2 is 1.59 bits per heavy atom. The molecule has 0 bridgehead atoms. The Morgan fingerprint density at radius 1 is 1.00 bits per heavy atom. The molecular formula is C12H12N2O2S. The molecule has 1 heterocycles. The van der Waals surface area contributed by atoms with Gasteiger partial charge in [0.2, 0.25) is 0 Å². The molecule has 0 spiro atoms. The minimum atomic E-state index is -3.14. The van der Waals surface area contributed by atoms with Crippen LogP contribution in [0.1, 0.15) is 0 Å². The third-order valence-corrected chi connectivity index (χ3v) is 3.53. The van der Waals surface area contributed by atoms with E-state index in [4.69, 9.17) is 5.73 Å². The highest BCUT2D eigenvalue weighted by Crippen LogP contribution is 2.21. The molecule has 17 heavy (non-hydrogen) atoms. The van der Waals surface area contributed by atoms with Crippen molar-refractivity contribution in [2.75, 3.05) is 12.0 Å². The van der Waals surface area contributed by atoms with Crippen LogP contribution < -0.4 is 5.73 Å². The van der Waals surface area contributed by atoms with Crippen molar-refractivity contribution in [3.63, 3.8) is 0 Å². The lowest BCUT2D eigenvalue weighted by molar-refractivity contribution is 0.602. The SMILES string of the molecule is CS(=O)(=O)c1ccc(-c2ccc(N)nc2)cc1. The van der Waals surface area contributed by atoms with E-state index < -0.39 is 9.84 Å². The first-order valence-corrected chi connectivity index (χ1v) is 6.88. The van der Waals surface area contributed by atoms with E-state index in [2.05, 4.69) is 4.98 Å². The first-order valence-electron chi connectivity index (χ1n) is 4.99. The maximum Gasteiger partial charge on any atom is 0.175 e. The Balaban J connectivity index is 2.39. The van der Waals surface area contributed by atoms with E-state index >= 15 is 0 Å². The van der Waals surface area contributed by atoms with Crippen molar-refractivity contribution in [1.82, 2.24) is 4.98 Å². The fourth-order valence-electron chi connectivity index (χ4n) is 1.47. The van der Waals surface area contributed by atoms with Crippen molar-refractivity contribution in [3.8, 4) is 11.1 Å². The van der Waals surface area contributed by atoms with Gasteiger partial charge < -0.3 is 5.73 Å². The average molecular weight is 248 g/mol. The smallest absolute Gasteiger partial charge is 0.175 e. The van der Waals surface area contributed by atoms with Gasteiger partial charge in [0.15, 0.2) is 9.84 Å². The monoisotopic (exact) mass is 248 g/mol. The van der Waals surface area contributed by atoms with Crippen molar-refractivity contribution in [2.24, 2.45) is 0 Å². The lowest BCUT2D eigenvalue weighted by Gasteiger charge is -2.03. The fourth-order valence-corrected chi connectivity index (χ4v) is 2.10. The molecule has 0 unspecified atom stereocenters. The highest BCUT2D eigenvalue weighted by Gasteiger charge is 2.06. The molecule has 0 aliphatic heterocycles. The van der Waals surface area contributed by atoms with Crippen LogP contribution in [0.2, 0.25) is 0 Å². The summed E-state index contributed by atoms with van der Waals surface area (Å²) in [5, 5.41) is 0. The molecule has 5 heteroatoms. The lowest BCUT2D eigenvalue weighted by atomic mass is 10.1. The summed E-state index contributed by atoms with van der Waals surface area (Å²) in [5.74, 6) is 0.460. The minimum Gasteiger partial charge on any atom is -0.384 e. The van der Waals surface area contributed by atoms with Crippen LogP contribution in [0.4, 0.5) is 5.82 Å². The Kier molecular flexibility index (Phi) is 2.85. The molecule has 0 aliphatic carbocycles. The van der Waals surface area contributed by atoms with Gasteiger partial charge in [-0.25, -0.2) is 13.4 Å². The first-order chi connectivity index (χ1) is 7.97. The van der Waals surface area contributed by atoms with Crippen LogP contribution >= 0.6 is 0 Å². The summed E-state index contributed by atoms with van der Waals surface area (Å²) in [6.45, 7) is 0. The highest BCUT2D eigenvalue weighted by molar-refractivity contribution is 7.90. The predicted octanol–water partition coefficient (Wildman–Crippen LogP) is 1.73. The quantitative estimate of drug-likeness (QED) is 0.878. The van der Waals surface area contributed by atoms with E-state index in [-0.39, 0.29) is 0 Å². The highest BCUT2D eigenvalue weighted by atomic mass is 32.2. The number of pyridine rings is 1. The third-order valence-electron chi connectivity index (χ3n) is 2.40. The van der Waals surface area contributed by atoms with Crippen LogP contribution in [-0.4, -0.2) is 19.7 Å². The zero-order chi connectivity index (χ0) is 12.5. The maximum absolute atomic E-state index is 11.3. The van der Waals surface area contributed by atoms with Crippen molar-refractivity contribution in [3.05, 3.63) is 42.6 Å². The molecule has 0 radical (unpaired) electrons. The molecule has 0 saturated heterocycles. The Morgan fingerprint density at radius 3 is 2.06 bits per heavy atom. The number of benzene rings is 1. The van der Waals surface area contributed by atoms with Crippen LogP contribution in [0, 0.1) is 0 Å². The number of nitrogen functional groups attached to an aromatic ring is 1. The average Bonchev–Trinajstić information content (AvgIpc) is 2.29. The Bertz CT molecular complexity index is 617. The number of nitrogens with two attached hydrogens (primary N) is 1. The van der Waals surface area contributed by atoms with Crippen molar-refractivity contribution >= 4 is 15.7 Å². The van der Waals surface area contributed by atoms with Crippen LogP contribution in [0.3, 0.4) is 0 Å². The largest absolute Gasteiger partial charge is 0.384 e. The van der Waals surface area contributed by atoms with E-state index in [0.29, 0.717) is 10.7 Å². The summed E-state index contributed by atoms with van der Waals surface area (Å²) in [6.07, 6.45) is 2.84. The van der Waals surface area contributed by atoms with Gasteiger partial charge in [-0.1, -0.05) is 12.1 Å². The van der Waals surface area contributed by atoms with Gasteiger partial charge in [0.25, 0.3) is 0 Å². The summed E-state index contributed by atoms with van der Waals surface area (Å²) in [7, 11) is -3.14.